The average Bonchev–Trinajstić information content (AvgIpc) is 3.23. The van der Waals surface area contributed by atoms with Gasteiger partial charge in [0.05, 0.1) is 13.7 Å². The number of methoxy groups -OCH3 is 1. The van der Waals surface area contributed by atoms with Crippen molar-refractivity contribution in [3.05, 3.63) is 54.3 Å². The predicted molar refractivity (Wildman–Crippen MR) is 107 cm³/mol. The van der Waals surface area contributed by atoms with E-state index in [1.165, 1.54) is 6.07 Å². The molecule has 1 saturated heterocycles. The Labute approximate surface area is 169 Å². The summed E-state index contributed by atoms with van der Waals surface area (Å²) in [4.78, 5) is 26.8. The van der Waals surface area contributed by atoms with Crippen LogP contribution in [0.1, 0.15) is 25.7 Å². The maximum Gasteiger partial charge on any atom is 0.247 e. The number of anilines is 1. The summed E-state index contributed by atoms with van der Waals surface area (Å²) in [6, 6.07) is 12.8. The van der Waals surface area contributed by atoms with Crippen LogP contribution >= 0.6 is 0 Å². The van der Waals surface area contributed by atoms with Crippen LogP contribution in [-0.4, -0.2) is 43.0 Å². The first-order valence-electron chi connectivity index (χ1n) is 9.70. The zero-order valence-electron chi connectivity index (χ0n) is 16.4. The van der Waals surface area contributed by atoms with Crippen molar-refractivity contribution >= 4 is 17.5 Å². The molecule has 2 aromatic rings. The standard InChI is InChI=1S/C22H25FN2O4/c1-28-17-12-10-16(11-13-17)24-22(27)19-7-4-14-25(19)21(26)9-5-15-29-20-8-3-2-6-18(20)23/h2-3,6,8,10-13,19H,4-5,7,9,14-15H2,1H3,(H,24,27). The third-order valence-electron chi connectivity index (χ3n) is 4.86. The largest absolute Gasteiger partial charge is 0.497 e. The summed E-state index contributed by atoms with van der Waals surface area (Å²) in [5, 5.41) is 2.86. The summed E-state index contributed by atoms with van der Waals surface area (Å²) in [6.07, 6.45) is 2.13. The highest BCUT2D eigenvalue weighted by atomic mass is 19.1. The van der Waals surface area contributed by atoms with Crippen LogP contribution in [0.4, 0.5) is 10.1 Å². The van der Waals surface area contributed by atoms with Gasteiger partial charge in [-0.3, -0.25) is 9.59 Å². The van der Waals surface area contributed by atoms with Gasteiger partial charge < -0.3 is 19.7 Å². The summed E-state index contributed by atoms with van der Waals surface area (Å²) < 4.78 is 24.0. The molecule has 1 heterocycles. The molecule has 7 heteroatoms. The molecule has 3 rings (SSSR count). The zero-order valence-corrected chi connectivity index (χ0v) is 16.4. The Morgan fingerprint density at radius 1 is 1.17 bits per heavy atom. The zero-order chi connectivity index (χ0) is 20.6. The molecule has 0 aromatic heterocycles. The van der Waals surface area contributed by atoms with Crippen LogP contribution in [0.15, 0.2) is 48.5 Å². The lowest BCUT2D eigenvalue weighted by Gasteiger charge is -2.24. The predicted octanol–water partition coefficient (Wildman–Crippen LogP) is 3.62. The number of benzene rings is 2. The second-order valence-electron chi connectivity index (χ2n) is 6.85. The number of likely N-dealkylation sites (tertiary alicyclic amines) is 1. The van der Waals surface area contributed by atoms with Gasteiger partial charge in [-0.2, -0.15) is 0 Å². The average molecular weight is 400 g/mol. The van der Waals surface area contributed by atoms with Crippen LogP contribution < -0.4 is 14.8 Å². The molecule has 6 nitrogen and oxygen atoms in total. The molecule has 1 unspecified atom stereocenters. The summed E-state index contributed by atoms with van der Waals surface area (Å²) >= 11 is 0. The lowest BCUT2D eigenvalue weighted by atomic mass is 10.2. The third kappa shape index (κ3) is 5.47. The van der Waals surface area contributed by atoms with E-state index in [1.807, 2.05) is 0 Å². The number of hydrogen-bond donors (Lipinski definition) is 1. The lowest BCUT2D eigenvalue weighted by molar-refractivity contribution is -0.136. The number of nitrogens with zero attached hydrogens (tertiary/aromatic N) is 1. The third-order valence-corrected chi connectivity index (χ3v) is 4.86. The van der Waals surface area contributed by atoms with E-state index in [0.29, 0.717) is 30.8 Å². The number of hydrogen-bond acceptors (Lipinski definition) is 4. The first kappa shape index (κ1) is 20.6. The number of halogens is 1. The van der Waals surface area contributed by atoms with E-state index in [4.69, 9.17) is 9.47 Å². The van der Waals surface area contributed by atoms with Crippen molar-refractivity contribution < 1.29 is 23.5 Å². The Hall–Kier alpha value is -3.09. The Morgan fingerprint density at radius 3 is 2.66 bits per heavy atom. The van der Waals surface area contributed by atoms with Crippen LogP contribution in [0.2, 0.25) is 0 Å². The number of nitrogens with one attached hydrogen (secondary N) is 1. The Morgan fingerprint density at radius 2 is 1.93 bits per heavy atom. The van der Waals surface area contributed by atoms with Crippen molar-refractivity contribution in [3.63, 3.8) is 0 Å². The molecule has 0 spiro atoms. The fourth-order valence-corrected chi connectivity index (χ4v) is 3.35. The van der Waals surface area contributed by atoms with Crippen molar-refractivity contribution in [1.29, 1.82) is 0 Å². The van der Waals surface area contributed by atoms with Gasteiger partial charge in [0.25, 0.3) is 0 Å². The highest BCUT2D eigenvalue weighted by Crippen LogP contribution is 2.22. The Bertz CT molecular complexity index is 841. The van der Waals surface area contributed by atoms with E-state index in [0.717, 1.165) is 6.42 Å². The molecule has 2 aromatic carbocycles. The van der Waals surface area contributed by atoms with Crippen molar-refractivity contribution in [3.8, 4) is 11.5 Å². The van der Waals surface area contributed by atoms with E-state index < -0.39 is 11.9 Å². The van der Waals surface area contributed by atoms with Gasteiger partial charge in [0.1, 0.15) is 11.8 Å². The Balaban J connectivity index is 1.47. The minimum atomic E-state index is -0.475. The number of rotatable bonds is 8. The molecular weight excluding hydrogens is 375 g/mol. The highest BCUT2D eigenvalue weighted by Gasteiger charge is 2.33. The van der Waals surface area contributed by atoms with Crippen molar-refractivity contribution in [2.45, 2.75) is 31.7 Å². The highest BCUT2D eigenvalue weighted by molar-refractivity contribution is 5.97. The van der Waals surface area contributed by atoms with Gasteiger partial charge in [-0.1, -0.05) is 12.1 Å². The van der Waals surface area contributed by atoms with Crippen molar-refractivity contribution in [2.24, 2.45) is 0 Å². The van der Waals surface area contributed by atoms with Gasteiger partial charge in [-0.25, -0.2) is 4.39 Å². The van der Waals surface area contributed by atoms with E-state index >= 15 is 0 Å². The molecule has 1 aliphatic heterocycles. The number of para-hydroxylation sites is 1. The number of ether oxygens (including phenoxy) is 2. The minimum absolute atomic E-state index is 0.0884. The molecule has 0 aliphatic carbocycles. The van der Waals surface area contributed by atoms with Gasteiger partial charge in [-0.05, 0) is 55.7 Å². The summed E-state index contributed by atoms with van der Waals surface area (Å²) in [5.74, 6) is 0.183. The molecule has 1 atom stereocenters. The minimum Gasteiger partial charge on any atom is -0.497 e. The molecule has 2 amide bonds. The molecule has 1 N–H and O–H groups in total. The van der Waals surface area contributed by atoms with Gasteiger partial charge in [-0.15, -0.1) is 0 Å². The molecular formula is C22H25FN2O4. The molecule has 1 aliphatic rings. The summed E-state index contributed by atoms with van der Waals surface area (Å²) in [5.41, 5.74) is 0.661. The fourth-order valence-electron chi connectivity index (χ4n) is 3.35. The number of carbonyl (C=O) groups is 2. The monoisotopic (exact) mass is 400 g/mol. The quantitative estimate of drug-likeness (QED) is 0.688. The van der Waals surface area contributed by atoms with Crippen LogP contribution in [0.5, 0.6) is 11.5 Å². The van der Waals surface area contributed by atoms with Crippen LogP contribution in [-0.2, 0) is 9.59 Å². The second kappa shape index (κ2) is 9.91. The molecule has 0 saturated carbocycles. The molecule has 1 fully saturated rings. The van der Waals surface area contributed by atoms with E-state index in [9.17, 15) is 14.0 Å². The smallest absolute Gasteiger partial charge is 0.247 e. The topological polar surface area (TPSA) is 67.9 Å². The molecule has 0 radical (unpaired) electrons. The van der Waals surface area contributed by atoms with Crippen LogP contribution in [0, 0.1) is 5.82 Å². The van der Waals surface area contributed by atoms with Crippen LogP contribution in [0.3, 0.4) is 0 Å². The summed E-state index contributed by atoms with van der Waals surface area (Å²) in [6.45, 7) is 0.803. The van der Waals surface area contributed by atoms with Crippen molar-refractivity contribution in [2.75, 3.05) is 25.6 Å². The first-order chi connectivity index (χ1) is 14.1. The number of amides is 2. The van der Waals surface area contributed by atoms with Gasteiger partial charge in [0, 0.05) is 18.7 Å². The molecule has 0 bridgehead atoms. The van der Waals surface area contributed by atoms with Crippen molar-refractivity contribution in [1.82, 2.24) is 4.90 Å². The molecule has 29 heavy (non-hydrogen) atoms. The van der Waals surface area contributed by atoms with Gasteiger partial charge >= 0.3 is 0 Å². The Kier molecular flexibility index (Phi) is 7.05. The normalized spacial score (nSPS) is 15.8. The lowest BCUT2D eigenvalue weighted by Crippen LogP contribution is -2.43. The SMILES string of the molecule is COc1ccc(NC(=O)C2CCCN2C(=O)CCCOc2ccccc2F)cc1. The number of carbonyl (C=O) groups excluding carboxylic acids is 2. The van der Waals surface area contributed by atoms with Gasteiger partial charge in [0.15, 0.2) is 11.6 Å². The van der Waals surface area contributed by atoms with E-state index in [2.05, 4.69) is 5.32 Å². The van der Waals surface area contributed by atoms with E-state index in [1.54, 1.807) is 54.5 Å². The summed E-state index contributed by atoms with van der Waals surface area (Å²) in [7, 11) is 1.58. The fraction of sp³-hybridized carbons (Fsp3) is 0.364. The van der Waals surface area contributed by atoms with Gasteiger partial charge in [0.2, 0.25) is 11.8 Å². The van der Waals surface area contributed by atoms with E-state index in [-0.39, 0.29) is 30.6 Å². The van der Waals surface area contributed by atoms with Crippen LogP contribution in [0.25, 0.3) is 0 Å². The maximum absolute atomic E-state index is 13.5. The second-order valence-corrected chi connectivity index (χ2v) is 6.85. The molecule has 154 valence electrons. The maximum atomic E-state index is 13.5. The first-order valence-corrected chi connectivity index (χ1v) is 9.70.